The van der Waals surface area contributed by atoms with E-state index in [1.807, 2.05) is 6.07 Å². The van der Waals surface area contributed by atoms with Crippen molar-refractivity contribution in [1.29, 1.82) is 0 Å². The Morgan fingerprint density at radius 1 is 1.50 bits per heavy atom. The highest BCUT2D eigenvalue weighted by atomic mass is 32.1. The number of carbonyl (C=O) groups is 1. The van der Waals surface area contributed by atoms with E-state index in [1.165, 1.54) is 0 Å². The Bertz CT molecular complexity index is 643. The van der Waals surface area contributed by atoms with E-state index in [-0.39, 0.29) is 28.9 Å². The van der Waals surface area contributed by atoms with Crippen LogP contribution in [-0.2, 0) is 14.3 Å². The molecule has 1 atom stereocenters. The van der Waals surface area contributed by atoms with E-state index in [9.17, 15) is 9.90 Å². The molecule has 1 unspecified atom stereocenters. The second-order valence-electron chi connectivity index (χ2n) is 4.27. The van der Waals surface area contributed by atoms with E-state index in [2.05, 4.69) is 10.5 Å². The Morgan fingerprint density at radius 2 is 2.18 bits per heavy atom. The van der Waals surface area contributed by atoms with Gasteiger partial charge in [-0.15, -0.1) is 5.10 Å². The van der Waals surface area contributed by atoms with Crippen LogP contribution in [0, 0.1) is 0 Å². The topological polar surface area (TPSA) is 106 Å². The van der Waals surface area contributed by atoms with Crippen LogP contribution in [-0.4, -0.2) is 28.6 Å². The van der Waals surface area contributed by atoms with Crippen LogP contribution in [0.4, 0.5) is 0 Å². The van der Waals surface area contributed by atoms with Gasteiger partial charge in [0, 0.05) is 0 Å². The molecule has 8 heteroatoms. The fourth-order valence-electron chi connectivity index (χ4n) is 1.77. The Hall–Kier alpha value is -2.45. The molecule has 22 heavy (non-hydrogen) atoms. The lowest BCUT2D eigenvalue weighted by molar-refractivity contribution is -0.138. The van der Waals surface area contributed by atoms with Crippen molar-refractivity contribution in [2.75, 3.05) is 6.61 Å². The molecule has 1 aromatic rings. The van der Waals surface area contributed by atoms with E-state index in [1.54, 1.807) is 31.2 Å². The minimum Gasteiger partial charge on any atom is -0.462 e. The summed E-state index contributed by atoms with van der Waals surface area (Å²) in [5, 5.41) is 14.1. The Labute approximate surface area is 132 Å². The summed E-state index contributed by atoms with van der Waals surface area (Å²) in [6, 6.07) is 8.81. The largest absolute Gasteiger partial charge is 0.462 e. The van der Waals surface area contributed by atoms with Crippen molar-refractivity contribution in [2.45, 2.75) is 13.0 Å². The molecule has 1 aliphatic rings. The number of nitrogens with two attached hydrogens (primary N) is 1. The molecule has 0 saturated carbocycles. The van der Waals surface area contributed by atoms with Crippen LogP contribution in [0.5, 0.6) is 0 Å². The SMILES string of the molecule is CCOC(=O)C(C(N)=S)=C1NN=C(C(O)c2ccccc2)O1. The van der Waals surface area contributed by atoms with E-state index >= 15 is 0 Å². The number of hydrazone groups is 1. The first-order valence-electron chi connectivity index (χ1n) is 6.50. The molecular formula is C14H15N3O4S. The minimum atomic E-state index is -1.08. The number of hydrogen-bond donors (Lipinski definition) is 3. The lowest BCUT2D eigenvalue weighted by Crippen LogP contribution is -2.26. The average molecular weight is 321 g/mol. The molecule has 4 N–H and O–H groups in total. The van der Waals surface area contributed by atoms with Crippen LogP contribution in [0.2, 0.25) is 0 Å². The number of hydrogen-bond acceptors (Lipinski definition) is 7. The number of nitrogens with one attached hydrogen (secondary N) is 1. The first-order chi connectivity index (χ1) is 10.5. The van der Waals surface area contributed by atoms with Gasteiger partial charge in [-0.2, -0.15) is 0 Å². The molecule has 0 radical (unpaired) electrons. The molecule has 0 fully saturated rings. The molecule has 116 valence electrons. The van der Waals surface area contributed by atoms with Crippen molar-refractivity contribution in [1.82, 2.24) is 5.43 Å². The van der Waals surface area contributed by atoms with Gasteiger partial charge in [-0.25, -0.2) is 10.2 Å². The number of benzene rings is 1. The monoisotopic (exact) mass is 321 g/mol. The van der Waals surface area contributed by atoms with Crippen molar-refractivity contribution in [3.63, 3.8) is 0 Å². The molecule has 0 bridgehead atoms. The van der Waals surface area contributed by atoms with Crippen LogP contribution in [0.3, 0.4) is 0 Å². The zero-order valence-electron chi connectivity index (χ0n) is 11.8. The van der Waals surface area contributed by atoms with E-state index in [0.717, 1.165) is 0 Å². The normalized spacial score (nSPS) is 16.9. The van der Waals surface area contributed by atoms with E-state index in [0.29, 0.717) is 5.56 Å². The number of thiocarbonyl (C=S) groups is 1. The zero-order chi connectivity index (χ0) is 16.1. The number of ether oxygens (including phenoxy) is 2. The fourth-order valence-corrected chi connectivity index (χ4v) is 1.94. The summed E-state index contributed by atoms with van der Waals surface area (Å²) in [5.41, 5.74) is 8.48. The van der Waals surface area contributed by atoms with Crippen molar-refractivity contribution in [2.24, 2.45) is 10.8 Å². The maximum absolute atomic E-state index is 11.8. The van der Waals surface area contributed by atoms with Gasteiger partial charge in [0.2, 0.25) is 11.8 Å². The summed E-state index contributed by atoms with van der Waals surface area (Å²) in [7, 11) is 0. The van der Waals surface area contributed by atoms with Gasteiger partial charge >= 0.3 is 5.97 Å². The lowest BCUT2D eigenvalue weighted by Gasteiger charge is -2.11. The molecule has 0 saturated heterocycles. The second-order valence-corrected chi connectivity index (χ2v) is 4.71. The first-order valence-corrected chi connectivity index (χ1v) is 6.91. The number of rotatable bonds is 5. The Morgan fingerprint density at radius 3 is 2.77 bits per heavy atom. The summed E-state index contributed by atoms with van der Waals surface area (Å²) >= 11 is 4.83. The van der Waals surface area contributed by atoms with Crippen molar-refractivity contribution >= 4 is 29.1 Å². The third-order valence-corrected chi connectivity index (χ3v) is 2.98. The number of aliphatic hydroxyl groups excluding tert-OH is 1. The van der Waals surface area contributed by atoms with Crippen LogP contribution >= 0.6 is 12.2 Å². The van der Waals surface area contributed by atoms with Crippen molar-refractivity contribution < 1.29 is 19.4 Å². The highest BCUT2D eigenvalue weighted by molar-refractivity contribution is 7.80. The van der Waals surface area contributed by atoms with Crippen LogP contribution in [0.25, 0.3) is 0 Å². The third kappa shape index (κ3) is 3.41. The van der Waals surface area contributed by atoms with Gasteiger partial charge in [-0.05, 0) is 12.5 Å². The molecule has 0 spiro atoms. The maximum Gasteiger partial charge on any atom is 0.346 e. The Balaban J connectivity index is 2.20. The van der Waals surface area contributed by atoms with E-state index in [4.69, 9.17) is 27.4 Å². The quantitative estimate of drug-likeness (QED) is 0.417. The summed E-state index contributed by atoms with van der Waals surface area (Å²) in [4.78, 5) is 11.6. The van der Waals surface area contributed by atoms with Crippen molar-refractivity contribution in [3.8, 4) is 0 Å². The van der Waals surface area contributed by atoms with Gasteiger partial charge in [-0.3, -0.25) is 0 Å². The number of aliphatic hydroxyl groups is 1. The highest BCUT2D eigenvalue weighted by Crippen LogP contribution is 2.21. The van der Waals surface area contributed by atoms with Gasteiger partial charge in [0.15, 0.2) is 11.7 Å². The molecule has 0 amide bonds. The summed E-state index contributed by atoms with van der Waals surface area (Å²) < 4.78 is 10.2. The third-order valence-electron chi connectivity index (χ3n) is 2.78. The minimum absolute atomic E-state index is 0.0146. The zero-order valence-corrected chi connectivity index (χ0v) is 12.6. The van der Waals surface area contributed by atoms with Crippen LogP contribution in [0.15, 0.2) is 46.9 Å². The fraction of sp³-hybridized carbons (Fsp3) is 0.214. The average Bonchev–Trinajstić information content (AvgIpc) is 2.97. The number of nitrogens with zero attached hydrogens (tertiary/aromatic N) is 1. The van der Waals surface area contributed by atoms with Gasteiger partial charge in [0.25, 0.3) is 0 Å². The van der Waals surface area contributed by atoms with Crippen LogP contribution in [0.1, 0.15) is 18.6 Å². The molecule has 2 rings (SSSR count). The van der Waals surface area contributed by atoms with E-state index < -0.39 is 12.1 Å². The predicted molar refractivity (Wildman–Crippen MR) is 83.5 cm³/mol. The molecule has 0 aliphatic carbocycles. The van der Waals surface area contributed by atoms with Gasteiger partial charge in [-0.1, -0.05) is 42.5 Å². The van der Waals surface area contributed by atoms with Crippen molar-refractivity contribution in [3.05, 3.63) is 47.4 Å². The smallest absolute Gasteiger partial charge is 0.346 e. The lowest BCUT2D eigenvalue weighted by atomic mass is 10.1. The Kier molecular flexibility index (Phi) is 5.08. The molecule has 1 aliphatic heterocycles. The molecule has 7 nitrogen and oxygen atoms in total. The summed E-state index contributed by atoms with van der Waals surface area (Å²) in [6.07, 6.45) is -1.08. The maximum atomic E-state index is 11.8. The molecule has 0 aromatic heterocycles. The van der Waals surface area contributed by atoms with Gasteiger partial charge in [0.05, 0.1) is 6.61 Å². The highest BCUT2D eigenvalue weighted by Gasteiger charge is 2.29. The molecule has 1 heterocycles. The summed E-state index contributed by atoms with van der Waals surface area (Å²) in [6.45, 7) is 1.82. The number of esters is 1. The standard InChI is InChI=1S/C14H15N3O4S/c1-2-20-14(19)9(11(15)22)12-16-17-13(21-12)10(18)8-6-4-3-5-7-8/h3-7,10,16,18H,2H2,1H3,(H2,15,22). The molecule has 1 aromatic carbocycles. The van der Waals surface area contributed by atoms with Crippen LogP contribution < -0.4 is 11.2 Å². The summed E-state index contributed by atoms with van der Waals surface area (Å²) in [5.74, 6) is -0.793. The number of carbonyl (C=O) groups excluding carboxylic acids is 1. The second kappa shape index (κ2) is 7.01. The first kappa shape index (κ1) is 15.9. The molecular weight excluding hydrogens is 306 g/mol. The van der Waals surface area contributed by atoms with Gasteiger partial charge < -0.3 is 20.3 Å². The predicted octanol–water partition coefficient (Wildman–Crippen LogP) is 0.714. The van der Waals surface area contributed by atoms with Gasteiger partial charge in [0.1, 0.15) is 4.99 Å².